The largest absolute Gasteiger partial charge is 0.380 e. The summed E-state index contributed by atoms with van der Waals surface area (Å²) in [6, 6.07) is 2.59. The molecule has 0 amide bonds. The number of nitrogens with zero attached hydrogens (tertiary/aromatic N) is 1. The van der Waals surface area contributed by atoms with Crippen molar-refractivity contribution in [1.82, 2.24) is 4.98 Å². The van der Waals surface area contributed by atoms with Crippen LogP contribution in [0.1, 0.15) is 45.6 Å². The molecule has 3 heteroatoms. The molecular formula is C15H23ClN2. The van der Waals surface area contributed by atoms with Crippen LogP contribution in [0.5, 0.6) is 0 Å². The maximum atomic E-state index is 6.15. The predicted octanol–water partition coefficient (Wildman–Crippen LogP) is 4.67. The average molecular weight is 267 g/mol. The first-order valence-corrected chi connectivity index (χ1v) is 7.12. The smallest absolute Gasteiger partial charge is 0.152 e. The van der Waals surface area contributed by atoms with Gasteiger partial charge in [-0.05, 0) is 49.1 Å². The molecule has 0 aromatic carbocycles. The van der Waals surface area contributed by atoms with E-state index in [1.165, 1.54) is 19.3 Å². The number of nitrogens with one attached hydrogen (secondary N) is 1. The number of anilines is 1. The summed E-state index contributed by atoms with van der Waals surface area (Å²) in [4.78, 5) is 4.20. The Hall–Kier alpha value is -0.760. The number of rotatable bonds is 2. The van der Waals surface area contributed by atoms with Gasteiger partial charge in [-0.25, -0.2) is 4.98 Å². The maximum Gasteiger partial charge on any atom is 0.152 e. The van der Waals surface area contributed by atoms with E-state index < -0.39 is 0 Å². The third kappa shape index (κ3) is 3.38. The normalized spacial score (nSPS) is 26.9. The summed E-state index contributed by atoms with van der Waals surface area (Å²) >= 11 is 6.15. The van der Waals surface area contributed by atoms with E-state index in [0.717, 1.165) is 17.2 Å². The van der Waals surface area contributed by atoms with Gasteiger partial charge in [0.2, 0.25) is 0 Å². The Morgan fingerprint density at radius 3 is 2.78 bits per heavy atom. The van der Waals surface area contributed by atoms with Crippen LogP contribution in [0, 0.1) is 18.3 Å². The molecule has 1 heterocycles. The third-order valence-corrected chi connectivity index (χ3v) is 4.02. The van der Waals surface area contributed by atoms with Crippen molar-refractivity contribution in [3.8, 4) is 0 Å². The molecule has 2 atom stereocenters. The molecule has 1 aliphatic carbocycles. The Morgan fingerprint density at radius 2 is 2.11 bits per heavy atom. The third-order valence-electron chi connectivity index (χ3n) is 3.72. The van der Waals surface area contributed by atoms with E-state index in [-0.39, 0.29) is 0 Å². The van der Waals surface area contributed by atoms with E-state index in [1.807, 2.05) is 6.92 Å². The lowest BCUT2D eigenvalue weighted by molar-refractivity contribution is 0.178. The summed E-state index contributed by atoms with van der Waals surface area (Å²) in [5.74, 6) is 0.766. The highest BCUT2D eigenvalue weighted by atomic mass is 35.5. The fourth-order valence-electron chi connectivity index (χ4n) is 3.33. The van der Waals surface area contributed by atoms with Crippen LogP contribution in [0.4, 0.5) is 5.69 Å². The Kier molecular flexibility index (Phi) is 3.86. The van der Waals surface area contributed by atoms with Crippen LogP contribution in [-0.2, 0) is 0 Å². The molecule has 2 rings (SSSR count). The Morgan fingerprint density at radius 1 is 1.39 bits per heavy atom. The number of hydrogen-bond acceptors (Lipinski definition) is 2. The summed E-state index contributed by atoms with van der Waals surface area (Å²) in [6.07, 6.45) is 5.53. The van der Waals surface area contributed by atoms with Gasteiger partial charge in [-0.15, -0.1) is 0 Å². The highest BCUT2D eigenvalue weighted by Gasteiger charge is 2.32. The van der Waals surface area contributed by atoms with Gasteiger partial charge in [-0.2, -0.15) is 0 Å². The molecule has 100 valence electrons. The lowest BCUT2D eigenvalue weighted by Gasteiger charge is -2.39. The van der Waals surface area contributed by atoms with Crippen molar-refractivity contribution in [3.63, 3.8) is 0 Å². The zero-order valence-corrected chi connectivity index (χ0v) is 12.5. The summed E-state index contributed by atoms with van der Waals surface area (Å²) < 4.78 is 0. The van der Waals surface area contributed by atoms with E-state index in [4.69, 9.17) is 11.6 Å². The molecule has 0 spiro atoms. The van der Waals surface area contributed by atoms with Gasteiger partial charge in [0.05, 0.1) is 5.69 Å². The zero-order valence-electron chi connectivity index (χ0n) is 11.8. The number of aromatic nitrogens is 1. The number of halogens is 1. The van der Waals surface area contributed by atoms with E-state index in [9.17, 15) is 0 Å². The fraction of sp³-hybridized carbons (Fsp3) is 0.667. The predicted molar refractivity (Wildman–Crippen MR) is 78.2 cm³/mol. The molecule has 1 saturated carbocycles. The van der Waals surface area contributed by atoms with E-state index in [1.54, 1.807) is 6.20 Å². The van der Waals surface area contributed by atoms with Crippen molar-refractivity contribution >= 4 is 17.3 Å². The second kappa shape index (κ2) is 5.08. The van der Waals surface area contributed by atoms with Crippen molar-refractivity contribution in [2.75, 3.05) is 5.32 Å². The van der Waals surface area contributed by atoms with Crippen LogP contribution >= 0.6 is 11.6 Å². The van der Waals surface area contributed by atoms with Crippen molar-refractivity contribution in [2.45, 2.75) is 53.0 Å². The second-order valence-electron chi connectivity index (χ2n) is 6.61. The van der Waals surface area contributed by atoms with Crippen molar-refractivity contribution in [1.29, 1.82) is 0 Å². The Bertz CT molecular complexity index is 429. The first-order valence-electron chi connectivity index (χ1n) is 6.74. The SMILES string of the molecule is Cc1cnc(Cl)c(NC2CC(C)CC(C)(C)C2)c1. The number of hydrogen-bond donors (Lipinski definition) is 1. The topological polar surface area (TPSA) is 24.9 Å². The van der Waals surface area contributed by atoms with Gasteiger partial charge in [0.1, 0.15) is 0 Å². The van der Waals surface area contributed by atoms with Gasteiger partial charge < -0.3 is 5.32 Å². The van der Waals surface area contributed by atoms with Crippen LogP contribution in [0.15, 0.2) is 12.3 Å². The standard InChI is InChI=1S/C15H23ClN2/c1-10-5-12(8-15(3,4)7-10)18-13-6-11(2)9-17-14(13)16/h6,9-10,12,18H,5,7-8H2,1-4H3. The molecule has 0 radical (unpaired) electrons. The highest BCUT2D eigenvalue weighted by Crippen LogP contribution is 2.40. The molecule has 1 fully saturated rings. The van der Waals surface area contributed by atoms with Crippen molar-refractivity contribution in [3.05, 3.63) is 23.0 Å². The Balaban J connectivity index is 2.11. The minimum absolute atomic E-state index is 0.416. The molecule has 1 aromatic heterocycles. The number of aryl methyl sites for hydroxylation is 1. The zero-order chi connectivity index (χ0) is 13.3. The van der Waals surface area contributed by atoms with Gasteiger partial charge in [0.15, 0.2) is 5.15 Å². The van der Waals surface area contributed by atoms with Gasteiger partial charge in [0, 0.05) is 12.2 Å². The van der Waals surface area contributed by atoms with Crippen LogP contribution < -0.4 is 5.32 Å². The minimum Gasteiger partial charge on any atom is -0.380 e. The van der Waals surface area contributed by atoms with E-state index >= 15 is 0 Å². The highest BCUT2D eigenvalue weighted by molar-refractivity contribution is 6.31. The molecule has 18 heavy (non-hydrogen) atoms. The molecule has 0 aliphatic heterocycles. The summed E-state index contributed by atoms with van der Waals surface area (Å²) in [6.45, 7) is 9.09. The monoisotopic (exact) mass is 266 g/mol. The minimum atomic E-state index is 0.416. The first kappa shape index (κ1) is 13.7. The molecule has 1 aliphatic rings. The van der Waals surface area contributed by atoms with Gasteiger partial charge in [0.25, 0.3) is 0 Å². The van der Waals surface area contributed by atoms with Crippen LogP contribution in [0.2, 0.25) is 5.15 Å². The molecular weight excluding hydrogens is 244 g/mol. The quantitative estimate of drug-likeness (QED) is 0.787. The first-order chi connectivity index (χ1) is 8.35. The van der Waals surface area contributed by atoms with Crippen LogP contribution in [0.25, 0.3) is 0 Å². The lowest BCUT2D eigenvalue weighted by Crippen LogP contribution is -2.35. The van der Waals surface area contributed by atoms with Crippen LogP contribution in [-0.4, -0.2) is 11.0 Å². The molecule has 0 saturated heterocycles. The molecule has 1 N–H and O–H groups in total. The molecule has 2 unspecified atom stereocenters. The van der Waals surface area contributed by atoms with Gasteiger partial charge in [-0.3, -0.25) is 0 Å². The van der Waals surface area contributed by atoms with E-state index in [0.29, 0.717) is 16.6 Å². The summed E-state index contributed by atoms with van der Waals surface area (Å²) in [7, 11) is 0. The maximum absolute atomic E-state index is 6.15. The fourth-order valence-corrected chi connectivity index (χ4v) is 3.49. The van der Waals surface area contributed by atoms with Gasteiger partial charge in [-0.1, -0.05) is 32.4 Å². The lowest BCUT2D eigenvalue weighted by atomic mass is 9.70. The van der Waals surface area contributed by atoms with Crippen molar-refractivity contribution in [2.24, 2.45) is 11.3 Å². The van der Waals surface area contributed by atoms with Crippen molar-refractivity contribution < 1.29 is 0 Å². The van der Waals surface area contributed by atoms with Gasteiger partial charge >= 0.3 is 0 Å². The molecule has 2 nitrogen and oxygen atoms in total. The molecule has 0 bridgehead atoms. The Labute approximate surface area is 115 Å². The summed E-state index contributed by atoms with van der Waals surface area (Å²) in [5, 5.41) is 4.16. The molecule has 1 aromatic rings. The average Bonchev–Trinajstić information content (AvgIpc) is 2.20. The number of pyridine rings is 1. The van der Waals surface area contributed by atoms with Crippen LogP contribution in [0.3, 0.4) is 0 Å². The second-order valence-corrected chi connectivity index (χ2v) is 6.96. The summed E-state index contributed by atoms with van der Waals surface area (Å²) in [5.41, 5.74) is 2.54. The van der Waals surface area contributed by atoms with E-state index in [2.05, 4.69) is 37.1 Å².